The van der Waals surface area contributed by atoms with Gasteiger partial charge < -0.3 is 15.4 Å². The van der Waals surface area contributed by atoms with E-state index in [0.717, 1.165) is 36.1 Å². The Morgan fingerprint density at radius 2 is 2.10 bits per heavy atom. The van der Waals surface area contributed by atoms with Crippen molar-refractivity contribution in [1.29, 1.82) is 0 Å². The Hall–Kier alpha value is -3.35. The van der Waals surface area contributed by atoms with Crippen LogP contribution in [0.3, 0.4) is 0 Å². The third-order valence-electron chi connectivity index (χ3n) is 8.94. The van der Waals surface area contributed by atoms with E-state index in [4.69, 9.17) is 0 Å². The van der Waals surface area contributed by atoms with Crippen molar-refractivity contribution in [2.75, 3.05) is 11.9 Å². The number of hydrogen-bond donors (Lipinski definition) is 2. The number of aromatic nitrogens is 5. The largest absolute Gasteiger partial charge is 0.415 e. The molecule has 3 saturated carbocycles. The lowest BCUT2D eigenvalue weighted by Gasteiger charge is -2.25. The summed E-state index contributed by atoms with van der Waals surface area (Å²) in [6.45, 7) is -2.27. The fourth-order valence-corrected chi connectivity index (χ4v) is 7.53. The van der Waals surface area contributed by atoms with Crippen molar-refractivity contribution in [3.8, 4) is 5.88 Å². The number of carbonyl (C=O) groups excluding carboxylic acids is 2. The van der Waals surface area contributed by atoms with Gasteiger partial charge in [0.2, 0.25) is 11.8 Å². The van der Waals surface area contributed by atoms with E-state index in [9.17, 15) is 18.4 Å². The maximum atomic E-state index is 13.6. The fraction of sp³-hybridized carbons (Fsp3) is 0.593. The van der Waals surface area contributed by atoms with E-state index in [2.05, 4.69) is 30.7 Å². The highest BCUT2D eigenvalue weighted by Gasteiger charge is 2.62. The first-order valence-corrected chi connectivity index (χ1v) is 14.7. The Labute approximate surface area is 233 Å². The summed E-state index contributed by atoms with van der Waals surface area (Å²) >= 11 is 1.62. The highest BCUT2D eigenvalue weighted by molar-refractivity contribution is 7.12. The van der Waals surface area contributed by atoms with Crippen molar-refractivity contribution in [3.05, 3.63) is 33.3 Å². The number of rotatable bonds is 11. The van der Waals surface area contributed by atoms with E-state index in [1.807, 2.05) is 4.57 Å². The van der Waals surface area contributed by atoms with Crippen LogP contribution in [0.1, 0.15) is 70.2 Å². The highest BCUT2D eigenvalue weighted by atomic mass is 32.1. The number of nitrogens with one attached hydrogen (secondary N) is 2. The summed E-state index contributed by atoms with van der Waals surface area (Å²) in [7, 11) is 1.61. The zero-order valence-electron chi connectivity index (χ0n) is 22.2. The summed E-state index contributed by atoms with van der Waals surface area (Å²) in [5.41, 5.74) is 2.21. The second-order valence-electron chi connectivity index (χ2n) is 11.6. The Morgan fingerprint density at radius 1 is 1.27 bits per heavy atom. The molecule has 212 valence electrons. The molecule has 3 fully saturated rings. The van der Waals surface area contributed by atoms with Crippen molar-refractivity contribution in [2.45, 2.75) is 70.4 Å². The molecule has 3 heterocycles. The lowest BCUT2D eigenvalue weighted by molar-refractivity contribution is -0.119. The third-order valence-corrected chi connectivity index (χ3v) is 10.2. The summed E-state index contributed by atoms with van der Waals surface area (Å²) < 4.78 is 33.0. The van der Waals surface area contributed by atoms with E-state index in [1.165, 1.54) is 34.9 Å². The second kappa shape index (κ2) is 9.64. The van der Waals surface area contributed by atoms with Gasteiger partial charge in [-0.1, -0.05) is 0 Å². The zero-order valence-corrected chi connectivity index (χ0v) is 23.0. The van der Waals surface area contributed by atoms with Crippen molar-refractivity contribution >= 4 is 34.8 Å². The molecule has 2 atom stereocenters. The molecule has 0 bridgehead atoms. The molecule has 0 aromatic carbocycles. The second-order valence-corrected chi connectivity index (χ2v) is 12.8. The van der Waals surface area contributed by atoms with E-state index in [0.29, 0.717) is 48.0 Å². The summed E-state index contributed by atoms with van der Waals surface area (Å²) in [5.74, 6) is 1.56. The minimum absolute atomic E-state index is 0.0266. The van der Waals surface area contributed by atoms with Gasteiger partial charge in [0.1, 0.15) is 17.9 Å². The first-order valence-electron chi connectivity index (χ1n) is 13.9. The molecule has 2 N–H and O–H groups in total. The van der Waals surface area contributed by atoms with Crippen LogP contribution >= 0.6 is 11.3 Å². The highest BCUT2D eigenvalue weighted by Crippen LogP contribution is 2.70. The van der Waals surface area contributed by atoms with Gasteiger partial charge in [-0.05, 0) is 68.3 Å². The van der Waals surface area contributed by atoms with E-state index < -0.39 is 6.61 Å². The van der Waals surface area contributed by atoms with Gasteiger partial charge in [-0.3, -0.25) is 14.2 Å². The molecule has 0 saturated heterocycles. The fourth-order valence-electron chi connectivity index (χ4n) is 6.17. The monoisotopic (exact) mass is 571 g/mol. The average molecular weight is 572 g/mol. The minimum atomic E-state index is -2.97. The summed E-state index contributed by atoms with van der Waals surface area (Å²) in [4.78, 5) is 28.5. The Bertz CT molecular complexity index is 1470. The molecule has 3 aromatic heterocycles. The number of ketones is 1. The van der Waals surface area contributed by atoms with Crippen LogP contribution in [-0.2, 0) is 31.1 Å². The van der Waals surface area contributed by atoms with Gasteiger partial charge in [0, 0.05) is 47.8 Å². The first kappa shape index (κ1) is 25.6. The molecule has 7 rings (SSSR count). The molecule has 4 aliphatic carbocycles. The van der Waals surface area contributed by atoms with Gasteiger partial charge in [-0.15, -0.1) is 26.6 Å². The number of nitrogens with zero attached hydrogens (tertiary/aromatic N) is 5. The van der Waals surface area contributed by atoms with Gasteiger partial charge in [-0.2, -0.15) is 8.78 Å². The van der Waals surface area contributed by atoms with Crippen LogP contribution in [0.15, 0.2) is 12.4 Å². The maximum Gasteiger partial charge on any atom is 0.388 e. The average Bonchev–Trinajstić information content (AvgIpc) is 3.87. The number of amides is 1. The number of ether oxygens (including phenoxy) is 1. The van der Waals surface area contributed by atoms with Crippen LogP contribution in [0.25, 0.3) is 0 Å². The predicted molar refractivity (Wildman–Crippen MR) is 142 cm³/mol. The number of alkyl halides is 2. The number of anilines is 2. The molecular formula is C27H31F2N7O3S. The first-order chi connectivity index (χ1) is 19.3. The molecule has 3 aromatic rings. The Kier molecular flexibility index (Phi) is 6.17. The number of hydrogen-bond acceptors (Lipinski definition) is 8. The Balaban J connectivity index is 1.12. The van der Waals surface area contributed by atoms with Gasteiger partial charge in [0.25, 0.3) is 5.91 Å². The van der Waals surface area contributed by atoms with Crippen LogP contribution in [0.5, 0.6) is 5.88 Å². The zero-order chi connectivity index (χ0) is 27.6. The van der Waals surface area contributed by atoms with Crippen LogP contribution in [0.4, 0.5) is 20.5 Å². The van der Waals surface area contributed by atoms with E-state index >= 15 is 0 Å². The van der Waals surface area contributed by atoms with Crippen molar-refractivity contribution in [3.63, 3.8) is 0 Å². The molecule has 0 radical (unpaired) electrons. The standard InChI is InChI=1S/C27H31F2N7O3S/c1-35-21(10-22(34-35)39-25(28)29)32-26-33-31-13-36(26)16-4-5-19-17(8-16)23(20(40-19)9-18(37)14-2-3-14)24(38)30-12-15-11-27(15)6-7-27/h10,13-16,25H,2-9,11-12H2,1H3,(H,30,38)(H,32,33)/t15?,16-/m0/s1. The molecule has 1 amide bonds. The lowest BCUT2D eigenvalue weighted by atomic mass is 9.90. The number of aryl methyl sites for hydroxylation is 2. The summed E-state index contributed by atoms with van der Waals surface area (Å²) in [5, 5.41) is 18.6. The molecule has 10 nitrogen and oxygen atoms in total. The lowest BCUT2D eigenvalue weighted by Crippen LogP contribution is -2.29. The minimum Gasteiger partial charge on any atom is -0.415 e. The third kappa shape index (κ3) is 4.88. The van der Waals surface area contributed by atoms with Crippen molar-refractivity contribution in [1.82, 2.24) is 29.9 Å². The van der Waals surface area contributed by atoms with Crippen LogP contribution < -0.4 is 15.4 Å². The Morgan fingerprint density at radius 3 is 2.83 bits per heavy atom. The number of fused-ring (bicyclic) bond motifs is 1. The molecule has 40 heavy (non-hydrogen) atoms. The topological polar surface area (TPSA) is 116 Å². The van der Waals surface area contributed by atoms with Crippen LogP contribution in [0.2, 0.25) is 0 Å². The van der Waals surface area contributed by atoms with Gasteiger partial charge >= 0.3 is 6.61 Å². The maximum absolute atomic E-state index is 13.6. The van der Waals surface area contributed by atoms with Gasteiger partial charge in [0.15, 0.2) is 0 Å². The van der Waals surface area contributed by atoms with E-state index in [-0.39, 0.29) is 29.5 Å². The molecular weight excluding hydrogens is 540 g/mol. The normalized spacial score (nSPS) is 22.3. The van der Waals surface area contributed by atoms with Gasteiger partial charge in [-0.25, -0.2) is 4.68 Å². The number of Topliss-reactive ketones (excluding diaryl/α,β-unsaturated/α-hetero) is 1. The van der Waals surface area contributed by atoms with E-state index in [1.54, 1.807) is 24.7 Å². The van der Waals surface area contributed by atoms with Crippen LogP contribution in [-0.4, -0.2) is 49.4 Å². The number of thiophene rings is 1. The van der Waals surface area contributed by atoms with Crippen LogP contribution in [0, 0.1) is 17.3 Å². The van der Waals surface area contributed by atoms with Crippen molar-refractivity contribution in [2.24, 2.45) is 24.3 Å². The SMILES string of the molecule is Cn1nc(OC(F)F)cc1Nc1nncn1[C@H]1CCc2sc(CC(=O)C3CC3)c(C(=O)NCC3CC34CC4)c2C1. The summed E-state index contributed by atoms with van der Waals surface area (Å²) in [6.07, 6.45) is 9.83. The summed E-state index contributed by atoms with van der Waals surface area (Å²) in [6, 6.07) is 1.35. The molecule has 13 heteroatoms. The molecule has 1 spiro atoms. The quantitative estimate of drug-likeness (QED) is 0.354. The number of carbonyl (C=O) groups is 2. The smallest absolute Gasteiger partial charge is 0.388 e. The molecule has 4 aliphatic rings. The number of halogens is 2. The predicted octanol–water partition coefficient (Wildman–Crippen LogP) is 4.20. The molecule has 1 unspecified atom stereocenters. The van der Waals surface area contributed by atoms with Gasteiger partial charge in [0.05, 0.1) is 5.56 Å². The van der Waals surface area contributed by atoms with Crippen molar-refractivity contribution < 1.29 is 23.1 Å². The molecule has 0 aliphatic heterocycles.